The maximum atomic E-state index is 12.8. The number of nitrogens with zero attached hydrogens (tertiary/aromatic N) is 2. The minimum Gasteiger partial charge on any atom is -0.346 e. The molecule has 2 fully saturated rings. The molecule has 0 aliphatic carbocycles. The fraction of sp³-hybridized carbons (Fsp3) is 0.600. The molecule has 2 unspecified atom stereocenters. The molecule has 5 heteroatoms. The van der Waals surface area contributed by atoms with Gasteiger partial charge in [-0.15, -0.1) is 0 Å². The number of aromatic nitrogens is 1. The predicted octanol–water partition coefficient (Wildman–Crippen LogP) is 1.19. The molecule has 0 radical (unpaired) electrons. The van der Waals surface area contributed by atoms with E-state index in [4.69, 9.17) is 0 Å². The lowest BCUT2D eigenvalue weighted by Crippen LogP contribution is -2.43. The average molecular weight is 275 g/mol. The van der Waals surface area contributed by atoms with Crippen LogP contribution in [0.4, 0.5) is 0 Å². The average Bonchev–Trinajstić information content (AvgIpc) is 2.88. The van der Waals surface area contributed by atoms with Crippen LogP contribution in [0.3, 0.4) is 0 Å². The summed E-state index contributed by atoms with van der Waals surface area (Å²) in [5.74, 6) is 0.0661. The van der Waals surface area contributed by atoms with Crippen molar-refractivity contribution in [3.63, 3.8) is 0 Å². The lowest BCUT2D eigenvalue weighted by molar-refractivity contribution is 0.0670. The SMILES string of the molecule is CC(=O)c1cc(C(=O)N2C3CCNCC2CC3)n(C)c1. The number of carbonyl (C=O) groups excluding carboxylic acids is 2. The minimum atomic E-state index is 0.000144. The van der Waals surface area contributed by atoms with Gasteiger partial charge < -0.3 is 14.8 Å². The van der Waals surface area contributed by atoms with Crippen molar-refractivity contribution in [2.45, 2.75) is 38.3 Å². The first-order chi connectivity index (χ1) is 9.58. The standard InChI is InChI=1S/C15H21N3O2/c1-10(19)11-7-14(17(2)9-11)15(20)18-12-3-4-13(18)8-16-6-5-12/h7,9,12-13,16H,3-6,8H2,1-2H3. The lowest BCUT2D eigenvalue weighted by atomic mass is 10.1. The van der Waals surface area contributed by atoms with E-state index in [0.29, 0.717) is 23.3 Å². The molecular weight excluding hydrogens is 254 g/mol. The topological polar surface area (TPSA) is 54.3 Å². The number of hydrogen-bond acceptors (Lipinski definition) is 3. The number of ketones is 1. The highest BCUT2D eigenvalue weighted by Gasteiger charge is 2.39. The molecule has 108 valence electrons. The molecule has 20 heavy (non-hydrogen) atoms. The summed E-state index contributed by atoms with van der Waals surface area (Å²) in [4.78, 5) is 26.3. The van der Waals surface area contributed by atoms with Gasteiger partial charge in [-0.1, -0.05) is 0 Å². The first-order valence-corrected chi connectivity index (χ1v) is 7.28. The Balaban J connectivity index is 1.90. The predicted molar refractivity (Wildman–Crippen MR) is 75.9 cm³/mol. The summed E-state index contributed by atoms with van der Waals surface area (Å²) in [6, 6.07) is 2.37. The van der Waals surface area contributed by atoms with E-state index in [1.807, 2.05) is 11.9 Å². The van der Waals surface area contributed by atoms with E-state index in [1.54, 1.807) is 16.8 Å². The maximum absolute atomic E-state index is 12.8. The minimum absolute atomic E-state index is 0.000144. The fourth-order valence-corrected chi connectivity index (χ4v) is 3.42. The van der Waals surface area contributed by atoms with Gasteiger partial charge in [0.2, 0.25) is 0 Å². The highest BCUT2D eigenvalue weighted by molar-refractivity contribution is 5.99. The van der Waals surface area contributed by atoms with Gasteiger partial charge in [0.1, 0.15) is 5.69 Å². The first-order valence-electron chi connectivity index (χ1n) is 7.28. The molecule has 3 rings (SSSR count). The Bertz CT molecular complexity index is 535. The largest absolute Gasteiger partial charge is 0.346 e. The number of rotatable bonds is 2. The molecule has 5 nitrogen and oxygen atoms in total. The highest BCUT2D eigenvalue weighted by atomic mass is 16.2. The maximum Gasteiger partial charge on any atom is 0.271 e. The van der Waals surface area contributed by atoms with E-state index in [9.17, 15) is 9.59 Å². The fourth-order valence-electron chi connectivity index (χ4n) is 3.42. The van der Waals surface area contributed by atoms with Crippen LogP contribution in [0.2, 0.25) is 0 Å². The summed E-state index contributed by atoms with van der Waals surface area (Å²) in [5, 5.41) is 3.40. The van der Waals surface area contributed by atoms with E-state index in [1.165, 1.54) is 6.92 Å². The molecule has 2 aliphatic heterocycles. The molecule has 2 atom stereocenters. The van der Waals surface area contributed by atoms with E-state index in [0.717, 1.165) is 32.4 Å². The Morgan fingerprint density at radius 3 is 2.70 bits per heavy atom. The van der Waals surface area contributed by atoms with Gasteiger partial charge in [-0.3, -0.25) is 9.59 Å². The van der Waals surface area contributed by atoms with Crippen molar-refractivity contribution in [2.24, 2.45) is 7.05 Å². The van der Waals surface area contributed by atoms with Gasteiger partial charge in [0.05, 0.1) is 0 Å². The third kappa shape index (κ3) is 2.16. The van der Waals surface area contributed by atoms with Crippen LogP contribution in [0.1, 0.15) is 47.0 Å². The number of amides is 1. The third-order valence-electron chi connectivity index (χ3n) is 4.52. The Morgan fingerprint density at radius 2 is 2.00 bits per heavy atom. The van der Waals surface area contributed by atoms with Gasteiger partial charge in [-0.25, -0.2) is 0 Å². The van der Waals surface area contributed by atoms with Crippen molar-refractivity contribution in [1.82, 2.24) is 14.8 Å². The van der Waals surface area contributed by atoms with Gasteiger partial charge in [-0.05, 0) is 38.8 Å². The molecule has 0 aromatic carbocycles. The van der Waals surface area contributed by atoms with Gasteiger partial charge in [0.25, 0.3) is 5.91 Å². The van der Waals surface area contributed by atoms with Crippen molar-refractivity contribution < 1.29 is 9.59 Å². The van der Waals surface area contributed by atoms with Crippen molar-refractivity contribution >= 4 is 11.7 Å². The van der Waals surface area contributed by atoms with Gasteiger partial charge >= 0.3 is 0 Å². The Hall–Kier alpha value is -1.62. The van der Waals surface area contributed by atoms with Crippen molar-refractivity contribution in [1.29, 1.82) is 0 Å². The summed E-state index contributed by atoms with van der Waals surface area (Å²) in [6.07, 6.45) is 4.94. The molecule has 0 saturated carbocycles. The van der Waals surface area contributed by atoms with Gasteiger partial charge in [0, 0.05) is 37.4 Å². The number of aryl methyl sites for hydroxylation is 1. The van der Waals surface area contributed by atoms with Crippen molar-refractivity contribution in [3.05, 3.63) is 23.5 Å². The number of carbonyl (C=O) groups is 2. The molecule has 1 aromatic rings. The molecule has 3 heterocycles. The second-order valence-electron chi connectivity index (χ2n) is 5.87. The zero-order chi connectivity index (χ0) is 14.3. The summed E-state index contributed by atoms with van der Waals surface area (Å²) in [5.41, 5.74) is 1.23. The van der Waals surface area contributed by atoms with Crippen LogP contribution in [0.5, 0.6) is 0 Å². The first kappa shape index (κ1) is 13.4. The van der Waals surface area contributed by atoms with Crippen LogP contribution in [0, 0.1) is 0 Å². The van der Waals surface area contributed by atoms with Gasteiger partial charge in [-0.2, -0.15) is 0 Å². The molecule has 1 aromatic heterocycles. The lowest BCUT2D eigenvalue weighted by Gasteiger charge is -2.28. The van der Waals surface area contributed by atoms with Crippen LogP contribution in [0.25, 0.3) is 0 Å². The zero-order valence-corrected chi connectivity index (χ0v) is 12.1. The monoisotopic (exact) mass is 275 g/mol. The number of nitrogens with one attached hydrogen (secondary N) is 1. The van der Waals surface area contributed by atoms with Crippen LogP contribution < -0.4 is 5.32 Å². The Labute approximate surface area is 118 Å². The molecular formula is C15H21N3O2. The highest BCUT2D eigenvalue weighted by Crippen LogP contribution is 2.29. The molecule has 2 bridgehead atoms. The Morgan fingerprint density at radius 1 is 1.25 bits per heavy atom. The van der Waals surface area contributed by atoms with E-state index >= 15 is 0 Å². The van der Waals surface area contributed by atoms with Crippen molar-refractivity contribution in [2.75, 3.05) is 13.1 Å². The second-order valence-corrected chi connectivity index (χ2v) is 5.87. The third-order valence-corrected chi connectivity index (χ3v) is 4.52. The molecule has 1 amide bonds. The molecule has 2 aliphatic rings. The van der Waals surface area contributed by atoms with Crippen LogP contribution in [0.15, 0.2) is 12.3 Å². The van der Waals surface area contributed by atoms with E-state index < -0.39 is 0 Å². The van der Waals surface area contributed by atoms with Crippen molar-refractivity contribution in [3.8, 4) is 0 Å². The smallest absolute Gasteiger partial charge is 0.271 e. The quantitative estimate of drug-likeness (QED) is 0.825. The number of Topliss-reactive ketones (excluding diaryl/α,β-unsaturated/α-hetero) is 1. The van der Waals surface area contributed by atoms with Crippen LogP contribution in [-0.2, 0) is 7.05 Å². The van der Waals surface area contributed by atoms with Crippen LogP contribution >= 0.6 is 0 Å². The van der Waals surface area contributed by atoms with E-state index in [-0.39, 0.29) is 11.7 Å². The number of fused-ring (bicyclic) bond motifs is 2. The summed E-state index contributed by atoms with van der Waals surface area (Å²) >= 11 is 0. The molecule has 1 N–H and O–H groups in total. The summed E-state index contributed by atoms with van der Waals surface area (Å²) in [6.45, 7) is 3.39. The number of hydrogen-bond donors (Lipinski definition) is 1. The molecule has 0 spiro atoms. The van der Waals surface area contributed by atoms with Crippen LogP contribution in [-0.4, -0.2) is 46.3 Å². The zero-order valence-electron chi connectivity index (χ0n) is 12.1. The summed E-state index contributed by atoms with van der Waals surface area (Å²) < 4.78 is 1.77. The van der Waals surface area contributed by atoms with Gasteiger partial charge in [0.15, 0.2) is 5.78 Å². The van der Waals surface area contributed by atoms with E-state index in [2.05, 4.69) is 5.32 Å². The second kappa shape index (κ2) is 5.05. The summed E-state index contributed by atoms with van der Waals surface area (Å²) in [7, 11) is 1.83. The Kier molecular flexibility index (Phi) is 3.38. The molecule has 2 saturated heterocycles. The normalized spacial score (nSPS) is 25.6.